The molecule has 0 aliphatic heterocycles. The van der Waals surface area contributed by atoms with E-state index < -0.39 is 14.9 Å². The van der Waals surface area contributed by atoms with Crippen LogP contribution >= 0.6 is 0 Å². The third-order valence-corrected chi connectivity index (χ3v) is 5.78. The molecule has 0 spiro atoms. The Balaban J connectivity index is 5.19. The molecule has 100 valence electrons. The number of carboxylic acid groups (broad SMARTS) is 1. The molecular formula is C10H22NO5Si+. The molecule has 17 heavy (non-hydrogen) atoms. The highest BCUT2D eigenvalue weighted by atomic mass is 28.4. The highest BCUT2D eigenvalue weighted by Gasteiger charge is 2.51. The Morgan fingerprint density at radius 1 is 1.35 bits per heavy atom. The van der Waals surface area contributed by atoms with E-state index in [1.165, 1.54) is 21.3 Å². The first-order valence-electron chi connectivity index (χ1n) is 5.31. The first kappa shape index (κ1) is 16.3. The molecule has 0 fully saturated rings. The third kappa shape index (κ3) is 3.61. The zero-order valence-corrected chi connectivity index (χ0v) is 11.9. The number of hydrogen-bond donors (Lipinski definition) is 1. The molecule has 1 atom stereocenters. The van der Waals surface area contributed by atoms with Gasteiger partial charge in [-0.3, -0.25) is 0 Å². The van der Waals surface area contributed by atoms with Crippen molar-refractivity contribution in [3.8, 4) is 0 Å². The van der Waals surface area contributed by atoms with Crippen LogP contribution in [0, 0.1) is 0 Å². The molecule has 0 radical (unpaired) electrons. The minimum absolute atomic E-state index is 0.175. The van der Waals surface area contributed by atoms with Crippen LogP contribution < -0.4 is 0 Å². The van der Waals surface area contributed by atoms with Gasteiger partial charge < -0.3 is 18.4 Å². The normalized spacial score (nSPS) is 15.3. The van der Waals surface area contributed by atoms with E-state index in [2.05, 4.69) is 6.58 Å². The first-order chi connectivity index (χ1) is 7.95. The van der Waals surface area contributed by atoms with Crippen molar-refractivity contribution in [1.82, 2.24) is 0 Å². The molecule has 0 heterocycles. The number of likely N-dealkylation sites (N-methyl/N-ethyl adjacent to an activating group) is 1. The molecule has 0 saturated carbocycles. The second-order valence-corrected chi connectivity index (χ2v) is 6.58. The van der Waals surface area contributed by atoms with Gasteiger partial charge in [-0.05, 0) is 13.0 Å². The SMILES string of the molecule is C=CC[N+](CC)(C[Si](OC)(OC)OC)C(=O)O. The van der Waals surface area contributed by atoms with Crippen molar-refractivity contribution in [1.29, 1.82) is 0 Å². The van der Waals surface area contributed by atoms with Gasteiger partial charge in [0.25, 0.3) is 0 Å². The molecule has 0 aromatic carbocycles. The highest BCUT2D eigenvalue weighted by Crippen LogP contribution is 2.17. The molecule has 1 amide bonds. The fourth-order valence-corrected chi connectivity index (χ4v) is 3.76. The van der Waals surface area contributed by atoms with Crippen LogP contribution in [0.1, 0.15) is 6.92 Å². The maximum absolute atomic E-state index is 11.4. The number of rotatable bonds is 8. The van der Waals surface area contributed by atoms with Crippen LogP contribution in [-0.4, -0.2) is 65.1 Å². The van der Waals surface area contributed by atoms with Gasteiger partial charge in [-0.1, -0.05) is 6.58 Å². The van der Waals surface area contributed by atoms with Crippen LogP contribution in [0.5, 0.6) is 0 Å². The van der Waals surface area contributed by atoms with Gasteiger partial charge in [-0.25, -0.2) is 4.48 Å². The van der Waals surface area contributed by atoms with Crippen molar-refractivity contribution < 1.29 is 27.7 Å². The number of nitrogens with zero attached hydrogens (tertiary/aromatic N) is 1. The van der Waals surface area contributed by atoms with Crippen LogP contribution in [0.4, 0.5) is 4.79 Å². The Bertz CT molecular complexity index is 261. The van der Waals surface area contributed by atoms with Crippen LogP contribution in [0.15, 0.2) is 12.7 Å². The molecule has 0 aromatic heterocycles. The molecule has 0 aromatic rings. The van der Waals surface area contributed by atoms with Crippen LogP contribution in [0.2, 0.25) is 0 Å². The van der Waals surface area contributed by atoms with E-state index in [0.717, 1.165) is 0 Å². The Morgan fingerprint density at radius 2 is 1.82 bits per heavy atom. The van der Waals surface area contributed by atoms with Gasteiger partial charge in [0, 0.05) is 21.3 Å². The lowest BCUT2D eigenvalue weighted by Gasteiger charge is -2.35. The molecule has 1 N–H and O–H groups in total. The maximum Gasteiger partial charge on any atom is 0.558 e. The Morgan fingerprint density at radius 3 is 2.06 bits per heavy atom. The summed E-state index contributed by atoms with van der Waals surface area (Å²) >= 11 is 0. The monoisotopic (exact) mass is 264 g/mol. The maximum atomic E-state index is 11.4. The Labute approximate surface area is 103 Å². The first-order valence-corrected chi connectivity index (χ1v) is 7.25. The number of quaternary nitrogens is 1. The molecule has 1 unspecified atom stereocenters. The van der Waals surface area contributed by atoms with E-state index in [1.54, 1.807) is 13.0 Å². The van der Waals surface area contributed by atoms with Gasteiger partial charge in [0.15, 0.2) is 6.17 Å². The summed E-state index contributed by atoms with van der Waals surface area (Å²) < 4.78 is 15.6. The molecular weight excluding hydrogens is 242 g/mol. The number of amides is 1. The molecule has 0 bridgehead atoms. The summed E-state index contributed by atoms with van der Waals surface area (Å²) in [5.41, 5.74) is 0. The average Bonchev–Trinajstić information content (AvgIpc) is 2.35. The van der Waals surface area contributed by atoms with E-state index in [0.29, 0.717) is 13.1 Å². The summed E-state index contributed by atoms with van der Waals surface area (Å²) in [6, 6.07) is 0. The van der Waals surface area contributed by atoms with E-state index in [4.69, 9.17) is 13.3 Å². The van der Waals surface area contributed by atoms with E-state index in [-0.39, 0.29) is 10.7 Å². The summed E-state index contributed by atoms with van der Waals surface area (Å²) in [6.07, 6.45) is 0.821. The summed E-state index contributed by atoms with van der Waals surface area (Å²) in [7, 11) is 1.48. The molecule has 7 heteroatoms. The predicted octanol–water partition coefficient (Wildman–Crippen LogP) is 1.10. The van der Waals surface area contributed by atoms with E-state index in [9.17, 15) is 9.90 Å². The molecule has 0 rings (SSSR count). The fourth-order valence-electron chi connectivity index (χ4n) is 1.65. The second kappa shape index (κ2) is 6.87. The van der Waals surface area contributed by atoms with Gasteiger partial charge in [0.2, 0.25) is 0 Å². The highest BCUT2D eigenvalue weighted by molar-refractivity contribution is 6.60. The van der Waals surface area contributed by atoms with E-state index in [1.807, 2.05) is 0 Å². The van der Waals surface area contributed by atoms with Gasteiger partial charge in [0.05, 0.1) is 6.54 Å². The standard InChI is InChI=1S/C10H21NO5Si/c1-6-8-11(7-2,10(12)13)9-17(14-3,15-4)16-5/h6H,1,7-9H2,2-5H3/p+1. The zero-order valence-electron chi connectivity index (χ0n) is 10.9. The molecule has 6 nitrogen and oxygen atoms in total. The summed E-state index contributed by atoms with van der Waals surface area (Å²) in [4.78, 5) is 11.4. The van der Waals surface area contributed by atoms with Crippen molar-refractivity contribution >= 4 is 14.9 Å². The van der Waals surface area contributed by atoms with Gasteiger partial charge in [-0.15, -0.1) is 0 Å². The van der Waals surface area contributed by atoms with E-state index >= 15 is 0 Å². The summed E-state index contributed by atoms with van der Waals surface area (Å²) in [6.45, 7) is 6.11. The summed E-state index contributed by atoms with van der Waals surface area (Å²) in [5, 5.41) is 9.38. The van der Waals surface area contributed by atoms with Crippen LogP contribution in [0.25, 0.3) is 0 Å². The van der Waals surface area contributed by atoms with Crippen molar-refractivity contribution in [3.63, 3.8) is 0 Å². The van der Waals surface area contributed by atoms with Crippen molar-refractivity contribution in [3.05, 3.63) is 12.7 Å². The smallest absolute Gasteiger partial charge is 0.435 e. The average molecular weight is 264 g/mol. The third-order valence-electron chi connectivity index (χ3n) is 2.92. The molecule has 0 aliphatic carbocycles. The van der Waals surface area contributed by atoms with Crippen molar-refractivity contribution in [2.75, 3.05) is 40.6 Å². The van der Waals surface area contributed by atoms with Crippen LogP contribution in [-0.2, 0) is 13.3 Å². The molecule has 0 aliphatic rings. The number of hydrogen-bond acceptors (Lipinski definition) is 4. The lowest BCUT2D eigenvalue weighted by Crippen LogP contribution is -2.64. The summed E-state index contributed by atoms with van der Waals surface area (Å²) in [5.74, 6) is 0. The van der Waals surface area contributed by atoms with Crippen molar-refractivity contribution in [2.24, 2.45) is 0 Å². The van der Waals surface area contributed by atoms with Gasteiger partial charge in [-0.2, -0.15) is 4.79 Å². The Hall–Kier alpha value is -0.733. The lowest BCUT2D eigenvalue weighted by molar-refractivity contribution is -0.842. The minimum Gasteiger partial charge on any atom is -0.435 e. The predicted molar refractivity (Wildman–Crippen MR) is 65.5 cm³/mol. The minimum atomic E-state index is -2.93. The lowest BCUT2D eigenvalue weighted by atomic mass is 10.4. The topological polar surface area (TPSA) is 65.0 Å². The van der Waals surface area contributed by atoms with Crippen molar-refractivity contribution in [2.45, 2.75) is 6.92 Å². The fraction of sp³-hybridized carbons (Fsp3) is 0.700. The Kier molecular flexibility index (Phi) is 6.57. The van der Waals surface area contributed by atoms with Crippen LogP contribution in [0.3, 0.4) is 0 Å². The largest absolute Gasteiger partial charge is 0.558 e. The molecule has 0 saturated heterocycles. The van der Waals surface area contributed by atoms with Gasteiger partial charge in [0.1, 0.15) is 6.54 Å². The quantitative estimate of drug-likeness (QED) is 0.404. The number of carbonyl (C=O) groups is 1. The second-order valence-electron chi connectivity index (χ2n) is 3.67. The zero-order chi connectivity index (χ0) is 13.5. The van der Waals surface area contributed by atoms with Gasteiger partial charge >= 0.3 is 14.9 Å².